The molecule has 84 valence electrons. The van der Waals surface area contributed by atoms with Gasteiger partial charge < -0.3 is 10.2 Å². The number of carboxylic acids is 2. The van der Waals surface area contributed by atoms with Gasteiger partial charge in [0.25, 0.3) is 0 Å². The van der Waals surface area contributed by atoms with Crippen LogP contribution in [0.5, 0.6) is 0 Å². The number of halogens is 1. The van der Waals surface area contributed by atoms with Crippen LogP contribution in [0.1, 0.15) is 12.0 Å². The Morgan fingerprint density at radius 2 is 1.81 bits per heavy atom. The Bertz CT molecular complexity index is 454. The summed E-state index contributed by atoms with van der Waals surface area (Å²) >= 11 is 5.70. The van der Waals surface area contributed by atoms with E-state index < -0.39 is 23.3 Å². The first kappa shape index (κ1) is 11.0. The molecule has 1 fully saturated rings. The largest absolute Gasteiger partial charge is 0.481 e. The zero-order valence-corrected chi connectivity index (χ0v) is 8.94. The van der Waals surface area contributed by atoms with Gasteiger partial charge in [-0.25, -0.2) is 0 Å². The molecule has 1 aliphatic carbocycles. The van der Waals surface area contributed by atoms with E-state index in [9.17, 15) is 9.59 Å². The Morgan fingerprint density at radius 1 is 1.25 bits per heavy atom. The maximum absolute atomic E-state index is 11.2. The lowest BCUT2D eigenvalue weighted by atomic mass is 9.93. The summed E-state index contributed by atoms with van der Waals surface area (Å²) in [5, 5.41) is 18.5. The topological polar surface area (TPSA) is 74.6 Å². The van der Waals surface area contributed by atoms with E-state index in [4.69, 9.17) is 21.8 Å². The van der Waals surface area contributed by atoms with Crippen LogP contribution in [0.15, 0.2) is 24.3 Å². The van der Waals surface area contributed by atoms with Crippen molar-refractivity contribution in [1.82, 2.24) is 0 Å². The number of carbonyl (C=O) groups is 2. The molecule has 0 bridgehead atoms. The second kappa shape index (κ2) is 3.49. The molecule has 0 saturated heterocycles. The highest BCUT2D eigenvalue weighted by Gasteiger charge is 2.65. The maximum Gasteiger partial charge on any atom is 0.315 e. The zero-order valence-electron chi connectivity index (χ0n) is 8.18. The number of hydrogen-bond acceptors (Lipinski definition) is 2. The van der Waals surface area contributed by atoms with E-state index in [2.05, 4.69) is 0 Å². The van der Waals surface area contributed by atoms with E-state index in [1.807, 2.05) is 0 Å². The van der Waals surface area contributed by atoms with E-state index in [0.29, 0.717) is 10.6 Å². The van der Waals surface area contributed by atoms with Crippen molar-refractivity contribution < 1.29 is 19.8 Å². The van der Waals surface area contributed by atoms with Gasteiger partial charge in [-0.05, 0) is 24.1 Å². The molecule has 0 radical (unpaired) electrons. The molecule has 16 heavy (non-hydrogen) atoms. The fourth-order valence-corrected chi connectivity index (χ4v) is 2.11. The molecule has 2 N–H and O–H groups in total. The minimum absolute atomic E-state index is 0.138. The Labute approximate surface area is 96.5 Å². The van der Waals surface area contributed by atoms with Crippen LogP contribution in [-0.4, -0.2) is 22.2 Å². The van der Waals surface area contributed by atoms with Gasteiger partial charge >= 0.3 is 11.9 Å². The van der Waals surface area contributed by atoms with Crippen LogP contribution < -0.4 is 0 Å². The first-order valence-corrected chi connectivity index (χ1v) is 5.08. The third kappa shape index (κ3) is 1.46. The molecular formula is C11H9ClO4. The summed E-state index contributed by atoms with van der Waals surface area (Å²) in [7, 11) is 0. The van der Waals surface area contributed by atoms with E-state index in [1.54, 1.807) is 24.3 Å². The fraction of sp³-hybridized carbons (Fsp3) is 0.273. The number of carboxylic acid groups (broad SMARTS) is 2. The van der Waals surface area contributed by atoms with Crippen LogP contribution in [0.2, 0.25) is 5.02 Å². The second-order valence-corrected chi connectivity index (χ2v) is 4.31. The zero-order chi connectivity index (χ0) is 11.9. The van der Waals surface area contributed by atoms with Crippen molar-refractivity contribution in [3.05, 3.63) is 34.9 Å². The average molecular weight is 241 g/mol. The predicted molar refractivity (Wildman–Crippen MR) is 56.5 cm³/mol. The molecule has 0 amide bonds. The predicted octanol–water partition coefficient (Wildman–Crippen LogP) is 1.77. The highest BCUT2D eigenvalue weighted by molar-refractivity contribution is 6.30. The lowest BCUT2D eigenvalue weighted by molar-refractivity contribution is -0.145. The van der Waals surface area contributed by atoms with Crippen molar-refractivity contribution in [3.8, 4) is 0 Å². The van der Waals surface area contributed by atoms with Crippen LogP contribution in [0.3, 0.4) is 0 Å². The van der Waals surface area contributed by atoms with E-state index in [-0.39, 0.29) is 6.42 Å². The molecule has 0 aromatic heterocycles. The van der Waals surface area contributed by atoms with Gasteiger partial charge in [-0.15, -0.1) is 0 Å². The standard InChI is InChI=1S/C11H9ClO4/c12-7-3-1-6(2-4-7)11(10(15)16)5-8(11)9(13)14/h1-4,8H,5H2,(H,13,14)(H,15,16)/t8-,11+/m1/s1. The van der Waals surface area contributed by atoms with Gasteiger partial charge in [0, 0.05) is 5.02 Å². The number of aliphatic carboxylic acids is 2. The van der Waals surface area contributed by atoms with Gasteiger partial charge in [0.15, 0.2) is 0 Å². The van der Waals surface area contributed by atoms with E-state index in [0.717, 1.165) is 0 Å². The lowest BCUT2D eigenvalue weighted by Crippen LogP contribution is -2.25. The Morgan fingerprint density at radius 3 is 2.19 bits per heavy atom. The highest BCUT2D eigenvalue weighted by atomic mass is 35.5. The van der Waals surface area contributed by atoms with Crippen LogP contribution in [-0.2, 0) is 15.0 Å². The summed E-state index contributed by atoms with van der Waals surface area (Å²) in [4.78, 5) is 22.0. The second-order valence-electron chi connectivity index (χ2n) is 3.88. The summed E-state index contributed by atoms with van der Waals surface area (Å²) in [5.74, 6) is -3.01. The molecule has 4 nitrogen and oxygen atoms in total. The van der Waals surface area contributed by atoms with Crippen LogP contribution >= 0.6 is 11.6 Å². The lowest BCUT2D eigenvalue weighted by Gasteiger charge is -2.11. The van der Waals surface area contributed by atoms with Crippen molar-refractivity contribution in [2.45, 2.75) is 11.8 Å². The Balaban J connectivity index is 2.40. The average Bonchev–Trinajstić information content (AvgIpc) is 2.95. The summed E-state index contributed by atoms with van der Waals surface area (Å²) in [6.07, 6.45) is 0.138. The van der Waals surface area contributed by atoms with E-state index >= 15 is 0 Å². The molecule has 2 rings (SSSR count). The van der Waals surface area contributed by atoms with E-state index in [1.165, 1.54) is 0 Å². The van der Waals surface area contributed by atoms with Gasteiger partial charge in [0.05, 0.1) is 5.92 Å². The molecule has 1 saturated carbocycles. The fourth-order valence-electron chi connectivity index (χ4n) is 1.99. The van der Waals surface area contributed by atoms with Crippen molar-refractivity contribution in [2.24, 2.45) is 5.92 Å². The molecule has 1 aliphatic rings. The summed E-state index contributed by atoms with van der Waals surface area (Å²) in [6.45, 7) is 0. The highest BCUT2D eigenvalue weighted by Crippen LogP contribution is 2.54. The Kier molecular flexibility index (Phi) is 2.39. The molecule has 0 aliphatic heterocycles. The van der Waals surface area contributed by atoms with Crippen LogP contribution in [0, 0.1) is 5.92 Å². The van der Waals surface area contributed by atoms with Crippen molar-refractivity contribution in [3.63, 3.8) is 0 Å². The molecule has 2 atom stereocenters. The summed E-state index contributed by atoms with van der Waals surface area (Å²) in [6, 6.07) is 6.27. The number of rotatable bonds is 3. The number of hydrogen-bond donors (Lipinski definition) is 2. The van der Waals surface area contributed by atoms with Gasteiger partial charge in [-0.2, -0.15) is 0 Å². The molecule has 1 aromatic carbocycles. The maximum atomic E-state index is 11.2. The Hall–Kier alpha value is -1.55. The molecule has 5 heteroatoms. The van der Waals surface area contributed by atoms with Crippen LogP contribution in [0.4, 0.5) is 0 Å². The van der Waals surface area contributed by atoms with Gasteiger partial charge in [0.1, 0.15) is 5.41 Å². The van der Waals surface area contributed by atoms with Crippen molar-refractivity contribution >= 4 is 23.5 Å². The minimum atomic E-state index is -1.27. The van der Waals surface area contributed by atoms with Crippen molar-refractivity contribution in [2.75, 3.05) is 0 Å². The normalized spacial score (nSPS) is 27.4. The molecule has 1 aromatic rings. The minimum Gasteiger partial charge on any atom is -0.481 e. The van der Waals surface area contributed by atoms with Crippen LogP contribution in [0.25, 0.3) is 0 Å². The first-order valence-electron chi connectivity index (χ1n) is 4.70. The molecule has 0 heterocycles. The SMILES string of the molecule is O=C(O)[C@H]1C[C@]1(C(=O)O)c1ccc(Cl)cc1. The van der Waals surface area contributed by atoms with Gasteiger partial charge in [-0.3, -0.25) is 9.59 Å². The van der Waals surface area contributed by atoms with Gasteiger partial charge in [0.2, 0.25) is 0 Å². The molecule has 0 unspecified atom stereocenters. The summed E-state index contributed by atoms with van der Waals surface area (Å²) in [5.41, 5.74) is -0.770. The molecular weight excluding hydrogens is 232 g/mol. The quantitative estimate of drug-likeness (QED) is 0.844. The third-order valence-electron chi connectivity index (χ3n) is 3.00. The third-order valence-corrected chi connectivity index (χ3v) is 3.25. The first-order chi connectivity index (χ1) is 7.48. The monoisotopic (exact) mass is 240 g/mol. The number of benzene rings is 1. The van der Waals surface area contributed by atoms with Gasteiger partial charge in [-0.1, -0.05) is 23.7 Å². The van der Waals surface area contributed by atoms with Crippen molar-refractivity contribution in [1.29, 1.82) is 0 Å². The molecule has 0 spiro atoms. The summed E-state index contributed by atoms with van der Waals surface area (Å²) < 4.78 is 0. The smallest absolute Gasteiger partial charge is 0.315 e.